The topological polar surface area (TPSA) is 82.4 Å². The van der Waals surface area contributed by atoms with Gasteiger partial charge in [0.25, 0.3) is 0 Å². The molecule has 0 radical (unpaired) electrons. The summed E-state index contributed by atoms with van der Waals surface area (Å²) in [6.45, 7) is 7.59. The minimum Gasteiger partial charge on any atom is -0.493 e. The van der Waals surface area contributed by atoms with E-state index in [0.29, 0.717) is 37.0 Å². The molecule has 3 aromatic rings. The molecule has 0 saturated carbocycles. The smallest absolute Gasteiger partial charge is 0.246 e. The summed E-state index contributed by atoms with van der Waals surface area (Å²) in [5.41, 5.74) is 3.08. The summed E-state index contributed by atoms with van der Waals surface area (Å²) in [6.07, 6.45) is 0.974. The number of likely N-dealkylation sites (N-methyl/N-ethyl adjacent to an activating group) is 1. The molecule has 164 valence electrons. The highest BCUT2D eigenvalue weighted by molar-refractivity contribution is 5.75. The van der Waals surface area contributed by atoms with Crippen LogP contribution in [0.3, 0.4) is 0 Å². The first-order chi connectivity index (χ1) is 15.1. The molecule has 31 heavy (non-hydrogen) atoms. The molecule has 0 unspecified atom stereocenters. The summed E-state index contributed by atoms with van der Waals surface area (Å²) in [5, 5.41) is 12.5. The fourth-order valence-corrected chi connectivity index (χ4v) is 3.22. The van der Waals surface area contributed by atoms with Crippen LogP contribution in [0.4, 0.5) is 0 Å². The van der Waals surface area contributed by atoms with Crippen LogP contribution in [-0.4, -0.2) is 51.3 Å². The molecule has 0 N–H and O–H groups in total. The molecular formula is C23H29N5O3. The maximum absolute atomic E-state index is 12.8. The zero-order valence-electron chi connectivity index (χ0n) is 18.5. The summed E-state index contributed by atoms with van der Waals surface area (Å²) < 4.78 is 11.0. The van der Waals surface area contributed by atoms with E-state index in [4.69, 9.17) is 9.47 Å². The van der Waals surface area contributed by atoms with E-state index in [1.54, 1.807) is 12.0 Å². The van der Waals surface area contributed by atoms with E-state index >= 15 is 0 Å². The molecule has 8 heteroatoms. The van der Waals surface area contributed by atoms with Crippen LogP contribution in [0.25, 0.3) is 11.4 Å². The lowest BCUT2D eigenvalue weighted by Gasteiger charge is -2.21. The van der Waals surface area contributed by atoms with Gasteiger partial charge in [-0.3, -0.25) is 4.79 Å². The third-order valence-electron chi connectivity index (χ3n) is 4.99. The Labute approximate surface area is 182 Å². The summed E-state index contributed by atoms with van der Waals surface area (Å²) in [5.74, 6) is 1.77. The van der Waals surface area contributed by atoms with Crippen molar-refractivity contribution in [3.63, 3.8) is 0 Å². The van der Waals surface area contributed by atoms with Gasteiger partial charge < -0.3 is 14.4 Å². The van der Waals surface area contributed by atoms with Crippen LogP contribution in [0.2, 0.25) is 0 Å². The summed E-state index contributed by atoms with van der Waals surface area (Å²) in [7, 11) is 1.61. The number of carbonyl (C=O) groups is 1. The lowest BCUT2D eigenvalue weighted by molar-refractivity contribution is -0.132. The number of amides is 1. The van der Waals surface area contributed by atoms with Gasteiger partial charge in [-0.15, -0.1) is 10.2 Å². The van der Waals surface area contributed by atoms with Crippen molar-refractivity contribution in [1.29, 1.82) is 0 Å². The third kappa shape index (κ3) is 5.59. The Balaban J connectivity index is 1.66. The van der Waals surface area contributed by atoms with Gasteiger partial charge in [-0.25, -0.2) is 0 Å². The molecule has 1 aromatic heterocycles. The zero-order valence-corrected chi connectivity index (χ0v) is 18.5. The number of methoxy groups -OCH3 is 1. The van der Waals surface area contributed by atoms with Crippen LogP contribution in [0.1, 0.15) is 31.9 Å². The lowest BCUT2D eigenvalue weighted by atomic mass is 10.1. The number of aromatic nitrogens is 4. The normalized spacial score (nSPS) is 10.7. The van der Waals surface area contributed by atoms with E-state index in [-0.39, 0.29) is 12.5 Å². The number of tetrazole rings is 1. The maximum Gasteiger partial charge on any atom is 0.246 e. The highest BCUT2D eigenvalue weighted by Gasteiger charge is 2.16. The number of hydrogen-bond donors (Lipinski definition) is 0. The van der Waals surface area contributed by atoms with Crippen molar-refractivity contribution in [3.05, 3.63) is 53.6 Å². The molecule has 8 nitrogen and oxygen atoms in total. The lowest BCUT2D eigenvalue weighted by Crippen LogP contribution is -2.33. The van der Waals surface area contributed by atoms with Gasteiger partial charge in [-0.1, -0.05) is 37.3 Å². The largest absolute Gasteiger partial charge is 0.493 e. The Kier molecular flexibility index (Phi) is 7.59. The molecule has 0 fully saturated rings. The van der Waals surface area contributed by atoms with Crippen LogP contribution in [0.15, 0.2) is 42.5 Å². The average Bonchev–Trinajstić information content (AvgIpc) is 3.26. The SMILES string of the molecule is CCOc1ccc(CN(CC)C(=O)Cn2nnc(-c3ccc(CC)cc3)n2)cc1OC. The average molecular weight is 424 g/mol. The molecule has 0 spiro atoms. The van der Waals surface area contributed by atoms with Gasteiger partial charge >= 0.3 is 0 Å². The Morgan fingerprint density at radius 1 is 1.03 bits per heavy atom. The van der Waals surface area contributed by atoms with Crippen LogP contribution in [0.5, 0.6) is 11.5 Å². The first kappa shape index (κ1) is 22.3. The first-order valence-corrected chi connectivity index (χ1v) is 10.5. The molecule has 2 aromatic carbocycles. The van der Waals surface area contributed by atoms with E-state index in [1.807, 2.05) is 56.3 Å². The van der Waals surface area contributed by atoms with E-state index in [9.17, 15) is 4.79 Å². The maximum atomic E-state index is 12.8. The molecule has 0 aliphatic heterocycles. The number of ether oxygens (including phenoxy) is 2. The molecule has 1 amide bonds. The van der Waals surface area contributed by atoms with Crippen LogP contribution < -0.4 is 9.47 Å². The van der Waals surface area contributed by atoms with E-state index < -0.39 is 0 Å². The number of hydrogen-bond acceptors (Lipinski definition) is 6. The highest BCUT2D eigenvalue weighted by Crippen LogP contribution is 2.28. The van der Waals surface area contributed by atoms with Gasteiger partial charge in [0.1, 0.15) is 6.54 Å². The van der Waals surface area contributed by atoms with Gasteiger partial charge in [0.2, 0.25) is 11.7 Å². The fraction of sp³-hybridized carbons (Fsp3) is 0.391. The third-order valence-corrected chi connectivity index (χ3v) is 4.99. The molecule has 0 aliphatic carbocycles. The molecule has 0 bridgehead atoms. The molecule has 0 atom stereocenters. The molecule has 0 saturated heterocycles. The monoisotopic (exact) mass is 423 g/mol. The van der Waals surface area contributed by atoms with Gasteiger partial charge in [-0.05, 0) is 48.7 Å². The van der Waals surface area contributed by atoms with Crippen LogP contribution in [-0.2, 0) is 24.3 Å². The van der Waals surface area contributed by atoms with Crippen molar-refractivity contribution in [1.82, 2.24) is 25.1 Å². The predicted octanol–water partition coefficient (Wildman–Crippen LogP) is 3.36. The van der Waals surface area contributed by atoms with Gasteiger partial charge in [0.05, 0.1) is 13.7 Å². The number of nitrogens with zero attached hydrogens (tertiary/aromatic N) is 5. The fourth-order valence-electron chi connectivity index (χ4n) is 3.22. The van der Waals surface area contributed by atoms with E-state index in [2.05, 4.69) is 22.3 Å². The standard InChI is InChI=1S/C23H29N5O3/c1-5-17-8-11-19(12-9-17)23-24-26-28(25-23)16-22(29)27(6-2)15-18-10-13-20(31-7-3)21(14-18)30-4/h8-14H,5-7,15-16H2,1-4H3. The van der Waals surface area contributed by atoms with Crippen molar-refractivity contribution in [2.75, 3.05) is 20.3 Å². The second kappa shape index (κ2) is 10.6. The van der Waals surface area contributed by atoms with Crippen molar-refractivity contribution in [2.24, 2.45) is 0 Å². The molecule has 3 rings (SSSR count). The Morgan fingerprint density at radius 2 is 1.77 bits per heavy atom. The van der Waals surface area contributed by atoms with Crippen LogP contribution >= 0.6 is 0 Å². The van der Waals surface area contributed by atoms with Crippen molar-refractivity contribution in [3.8, 4) is 22.9 Å². The van der Waals surface area contributed by atoms with Crippen molar-refractivity contribution < 1.29 is 14.3 Å². The quantitative estimate of drug-likeness (QED) is 0.497. The Bertz CT molecular complexity index is 1000. The minimum atomic E-state index is -0.0827. The first-order valence-electron chi connectivity index (χ1n) is 10.5. The Hall–Kier alpha value is -3.42. The van der Waals surface area contributed by atoms with Crippen molar-refractivity contribution >= 4 is 5.91 Å². The predicted molar refractivity (Wildman–Crippen MR) is 118 cm³/mol. The molecule has 1 heterocycles. The zero-order chi connectivity index (χ0) is 22.2. The van der Waals surface area contributed by atoms with Crippen LogP contribution in [0, 0.1) is 0 Å². The number of carbonyl (C=O) groups excluding carboxylic acids is 1. The molecule has 0 aliphatic rings. The van der Waals surface area contributed by atoms with E-state index in [1.165, 1.54) is 10.4 Å². The summed E-state index contributed by atoms with van der Waals surface area (Å²) in [6, 6.07) is 13.7. The molecular weight excluding hydrogens is 394 g/mol. The minimum absolute atomic E-state index is 0.0298. The van der Waals surface area contributed by atoms with Gasteiger partial charge in [0.15, 0.2) is 11.5 Å². The number of benzene rings is 2. The second-order valence-corrected chi connectivity index (χ2v) is 7.02. The van der Waals surface area contributed by atoms with Gasteiger partial charge in [-0.2, -0.15) is 4.80 Å². The highest BCUT2D eigenvalue weighted by atomic mass is 16.5. The second-order valence-electron chi connectivity index (χ2n) is 7.02. The Morgan fingerprint density at radius 3 is 2.42 bits per heavy atom. The van der Waals surface area contributed by atoms with Gasteiger partial charge in [0, 0.05) is 18.7 Å². The number of rotatable bonds is 10. The summed E-state index contributed by atoms with van der Waals surface area (Å²) >= 11 is 0. The van der Waals surface area contributed by atoms with E-state index in [0.717, 1.165) is 17.5 Å². The summed E-state index contributed by atoms with van der Waals surface area (Å²) in [4.78, 5) is 15.9. The number of aryl methyl sites for hydroxylation is 1. The van der Waals surface area contributed by atoms with Crippen molar-refractivity contribution in [2.45, 2.75) is 40.3 Å².